The SMILES string of the molecule is CC(C)Sc1ccc(CC(=O)N(CC2CCCO2)c2nc3ccc(Cl)cc3s2)cc1. The average Bonchev–Trinajstić information content (AvgIpc) is 3.36. The molecule has 1 aromatic heterocycles. The first-order valence-corrected chi connectivity index (χ1v) is 12.3. The summed E-state index contributed by atoms with van der Waals surface area (Å²) >= 11 is 9.46. The van der Waals surface area contributed by atoms with Gasteiger partial charge in [-0.3, -0.25) is 9.69 Å². The zero-order chi connectivity index (χ0) is 21.1. The van der Waals surface area contributed by atoms with Crippen molar-refractivity contribution in [2.45, 2.75) is 49.4 Å². The minimum absolute atomic E-state index is 0.0416. The maximum absolute atomic E-state index is 13.3. The van der Waals surface area contributed by atoms with E-state index in [0.717, 1.165) is 35.2 Å². The maximum Gasteiger partial charge on any atom is 0.233 e. The lowest BCUT2D eigenvalue weighted by molar-refractivity contribution is -0.118. The number of ether oxygens (including phenoxy) is 1. The molecule has 0 N–H and O–H groups in total. The van der Waals surface area contributed by atoms with Crippen LogP contribution in [0.15, 0.2) is 47.4 Å². The van der Waals surface area contributed by atoms with Crippen molar-refractivity contribution < 1.29 is 9.53 Å². The van der Waals surface area contributed by atoms with E-state index in [1.54, 1.807) is 4.90 Å². The predicted molar refractivity (Wildman–Crippen MR) is 127 cm³/mol. The van der Waals surface area contributed by atoms with Crippen molar-refractivity contribution in [2.24, 2.45) is 0 Å². The number of nitrogens with zero attached hydrogens (tertiary/aromatic N) is 2. The van der Waals surface area contributed by atoms with Crippen molar-refractivity contribution in [1.29, 1.82) is 0 Å². The van der Waals surface area contributed by atoms with Crippen molar-refractivity contribution in [3.63, 3.8) is 0 Å². The number of hydrogen-bond acceptors (Lipinski definition) is 5. The van der Waals surface area contributed by atoms with Gasteiger partial charge in [-0.2, -0.15) is 0 Å². The molecule has 158 valence electrons. The summed E-state index contributed by atoms with van der Waals surface area (Å²) in [6.45, 7) is 5.65. The van der Waals surface area contributed by atoms with Crippen LogP contribution in [0.5, 0.6) is 0 Å². The fourth-order valence-electron chi connectivity index (χ4n) is 3.51. The van der Waals surface area contributed by atoms with E-state index in [1.165, 1.54) is 16.2 Å². The zero-order valence-electron chi connectivity index (χ0n) is 17.1. The number of fused-ring (bicyclic) bond motifs is 1. The van der Waals surface area contributed by atoms with E-state index in [0.29, 0.717) is 28.4 Å². The van der Waals surface area contributed by atoms with E-state index in [2.05, 4.69) is 26.0 Å². The van der Waals surface area contributed by atoms with E-state index in [1.807, 2.05) is 42.1 Å². The number of thioether (sulfide) groups is 1. The molecular weight excluding hydrogens is 436 g/mol. The second-order valence-corrected chi connectivity index (χ2v) is 10.8. The number of halogens is 1. The van der Waals surface area contributed by atoms with Gasteiger partial charge >= 0.3 is 0 Å². The number of benzene rings is 2. The van der Waals surface area contributed by atoms with Crippen molar-refractivity contribution in [1.82, 2.24) is 4.98 Å². The van der Waals surface area contributed by atoms with E-state index < -0.39 is 0 Å². The van der Waals surface area contributed by atoms with Gasteiger partial charge in [0.15, 0.2) is 5.13 Å². The topological polar surface area (TPSA) is 42.4 Å². The fourth-order valence-corrected chi connectivity index (χ4v) is 5.61. The molecule has 1 aliphatic heterocycles. The number of aromatic nitrogens is 1. The third-order valence-corrected chi connectivity index (χ3v) is 7.22. The van der Waals surface area contributed by atoms with E-state index >= 15 is 0 Å². The molecule has 1 saturated heterocycles. The molecule has 4 nitrogen and oxygen atoms in total. The molecule has 0 radical (unpaired) electrons. The Hall–Kier alpha value is -1.60. The van der Waals surface area contributed by atoms with Crippen LogP contribution in [0.1, 0.15) is 32.3 Å². The van der Waals surface area contributed by atoms with Gasteiger partial charge in [0.2, 0.25) is 5.91 Å². The van der Waals surface area contributed by atoms with Gasteiger partial charge in [0.05, 0.1) is 29.3 Å². The normalized spacial score (nSPS) is 16.5. The minimum atomic E-state index is 0.0416. The Morgan fingerprint density at radius 1 is 1.30 bits per heavy atom. The Morgan fingerprint density at radius 2 is 2.10 bits per heavy atom. The molecule has 4 rings (SSSR count). The maximum atomic E-state index is 13.3. The molecule has 1 aliphatic rings. The molecule has 1 amide bonds. The number of rotatable bonds is 7. The molecule has 1 atom stereocenters. The van der Waals surface area contributed by atoms with Crippen molar-refractivity contribution >= 4 is 56.0 Å². The summed E-state index contributed by atoms with van der Waals surface area (Å²) in [7, 11) is 0. The Kier molecular flexibility index (Phi) is 6.98. The van der Waals surface area contributed by atoms with Crippen LogP contribution in [0.4, 0.5) is 5.13 Å². The Labute approximate surface area is 190 Å². The van der Waals surface area contributed by atoms with Crippen LogP contribution in [0.3, 0.4) is 0 Å². The Morgan fingerprint density at radius 3 is 2.80 bits per heavy atom. The van der Waals surface area contributed by atoms with Crippen LogP contribution in [-0.4, -0.2) is 35.4 Å². The average molecular weight is 461 g/mol. The molecule has 1 unspecified atom stereocenters. The van der Waals surface area contributed by atoms with E-state index in [-0.39, 0.29) is 12.0 Å². The standard InChI is InChI=1S/C23H25ClN2O2S2/c1-15(2)29-19-8-5-16(6-9-19)12-22(27)26(14-18-4-3-11-28-18)23-25-20-10-7-17(24)13-21(20)30-23/h5-10,13,15,18H,3-4,11-12,14H2,1-2H3. The number of anilines is 1. The summed E-state index contributed by atoms with van der Waals surface area (Å²) in [6, 6.07) is 13.9. The van der Waals surface area contributed by atoms with Crippen LogP contribution < -0.4 is 4.90 Å². The summed E-state index contributed by atoms with van der Waals surface area (Å²) in [5, 5.41) is 1.92. The highest BCUT2D eigenvalue weighted by atomic mass is 35.5. The molecule has 1 fully saturated rings. The molecule has 7 heteroatoms. The molecule has 2 heterocycles. The molecule has 0 bridgehead atoms. The Bertz CT molecular complexity index is 1010. The molecule has 0 aliphatic carbocycles. The number of amides is 1. The first-order valence-electron chi connectivity index (χ1n) is 10.2. The molecule has 30 heavy (non-hydrogen) atoms. The largest absolute Gasteiger partial charge is 0.376 e. The van der Waals surface area contributed by atoms with Crippen molar-refractivity contribution in [3.05, 3.63) is 53.1 Å². The fraction of sp³-hybridized carbons (Fsp3) is 0.391. The van der Waals surface area contributed by atoms with Gasteiger partial charge in [0, 0.05) is 21.8 Å². The first-order chi connectivity index (χ1) is 14.5. The summed E-state index contributed by atoms with van der Waals surface area (Å²) in [5.74, 6) is 0.0416. The number of thiazole rings is 1. The predicted octanol–water partition coefficient (Wildman–Crippen LogP) is 6.20. The van der Waals surface area contributed by atoms with Gasteiger partial charge in [-0.1, -0.05) is 48.9 Å². The lowest BCUT2D eigenvalue weighted by Crippen LogP contribution is -2.38. The molecule has 0 spiro atoms. The molecule has 3 aromatic rings. The highest BCUT2D eigenvalue weighted by molar-refractivity contribution is 7.99. The zero-order valence-corrected chi connectivity index (χ0v) is 19.5. The smallest absolute Gasteiger partial charge is 0.233 e. The van der Waals surface area contributed by atoms with Crippen LogP contribution in [0.25, 0.3) is 10.2 Å². The van der Waals surface area contributed by atoms with Gasteiger partial charge in [0.1, 0.15) is 0 Å². The first kappa shape index (κ1) is 21.6. The van der Waals surface area contributed by atoms with Gasteiger partial charge in [-0.05, 0) is 48.7 Å². The van der Waals surface area contributed by atoms with Crippen LogP contribution in [-0.2, 0) is 16.0 Å². The van der Waals surface area contributed by atoms with E-state index in [4.69, 9.17) is 21.3 Å². The van der Waals surface area contributed by atoms with Gasteiger partial charge < -0.3 is 4.74 Å². The summed E-state index contributed by atoms with van der Waals surface area (Å²) < 4.78 is 6.79. The highest BCUT2D eigenvalue weighted by Crippen LogP contribution is 2.32. The van der Waals surface area contributed by atoms with Gasteiger partial charge in [-0.15, -0.1) is 11.8 Å². The van der Waals surface area contributed by atoms with Crippen LogP contribution >= 0.6 is 34.7 Å². The molecule has 2 aromatic carbocycles. The third kappa shape index (κ3) is 5.35. The second kappa shape index (κ2) is 9.69. The quantitative estimate of drug-likeness (QED) is 0.393. The Balaban J connectivity index is 1.55. The molecular formula is C23H25ClN2O2S2. The lowest BCUT2D eigenvalue weighted by atomic mass is 10.1. The van der Waals surface area contributed by atoms with E-state index in [9.17, 15) is 4.79 Å². The monoisotopic (exact) mass is 460 g/mol. The van der Waals surface area contributed by atoms with Crippen LogP contribution in [0.2, 0.25) is 5.02 Å². The second-order valence-electron chi connectivity index (χ2n) is 7.74. The third-order valence-electron chi connectivity index (χ3n) is 4.93. The minimum Gasteiger partial charge on any atom is -0.376 e. The lowest BCUT2D eigenvalue weighted by Gasteiger charge is -2.23. The molecule has 0 saturated carbocycles. The van der Waals surface area contributed by atoms with Crippen molar-refractivity contribution in [3.8, 4) is 0 Å². The van der Waals surface area contributed by atoms with Gasteiger partial charge in [0.25, 0.3) is 0 Å². The number of hydrogen-bond donors (Lipinski definition) is 0. The number of carbonyl (C=O) groups excluding carboxylic acids is 1. The van der Waals surface area contributed by atoms with Crippen molar-refractivity contribution in [2.75, 3.05) is 18.1 Å². The number of carbonyl (C=O) groups is 1. The summed E-state index contributed by atoms with van der Waals surface area (Å²) in [4.78, 5) is 21.0. The summed E-state index contributed by atoms with van der Waals surface area (Å²) in [6.07, 6.45) is 2.42. The highest BCUT2D eigenvalue weighted by Gasteiger charge is 2.26. The van der Waals surface area contributed by atoms with Crippen LogP contribution in [0, 0.1) is 0 Å². The van der Waals surface area contributed by atoms with Gasteiger partial charge in [-0.25, -0.2) is 4.98 Å². The summed E-state index contributed by atoms with van der Waals surface area (Å²) in [5.41, 5.74) is 1.87.